The molecule has 0 amide bonds. The number of allylic oxidation sites excluding steroid dienone is 3. The number of rotatable bonds is 6. The van der Waals surface area contributed by atoms with Gasteiger partial charge in [-0.15, -0.1) is 11.3 Å². The number of nitrogens with one attached hydrogen (secondary N) is 1. The molecule has 0 fully saturated rings. The van der Waals surface area contributed by atoms with Crippen molar-refractivity contribution in [1.82, 2.24) is 4.98 Å². The minimum atomic E-state index is 0.137. The molecule has 1 aliphatic rings. The number of methoxy groups -OCH3 is 2. The lowest BCUT2D eigenvalue weighted by molar-refractivity contribution is 0.245. The second-order valence-electron chi connectivity index (χ2n) is 6.42. The van der Waals surface area contributed by atoms with E-state index >= 15 is 0 Å². The summed E-state index contributed by atoms with van der Waals surface area (Å²) in [6.07, 6.45) is 4.85. The van der Waals surface area contributed by atoms with Crippen molar-refractivity contribution in [3.05, 3.63) is 82.8 Å². The van der Waals surface area contributed by atoms with E-state index in [1.807, 2.05) is 6.08 Å². The van der Waals surface area contributed by atoms with Crippen LogP contribution in [0.15, 0.2) is 71.5 Å². The second kappa shape index (κ2) is 7.84. The number of hydrogen-bond acceptors (Lipinski definition) is 5. The van der Waals surface area contributed by atoms with E-state index in [0.717, 1.165) is 35.3 Å². The Bertz CT molecular complexity index is 1000. The summed E-state index contributed by atoms with van der Waals surface area (Å²) in [5, 5.41) is 9.04. The van der Waals surface area contributed by atoms with Gasteiger partial charge in [0.1, 0.15) is 11.5 Å². The van der Waals surface area contributed by atoms with Gasteiger partial charge in [-0.25, -0.2) is 4.98 Å². The number of ether oxygens (including phenoxy) is 2. The zero-order valence-electron chi connectivity index (χ0n) is 15.4. The topological polar surface area (TPSA) is 43.4 Å². The van der Waals surface area contributed by atoms with Crippen LogP contribution in [0.4, 0.5) is 5.13 Å². The van der Waals surface area contributed by atoms with Crippen LogP contribution in [-0.2, 0) is 16.0 Å². The molecule has 0 spiro atoms. The molecule has 1 N–H and O–H groups in total. The van der Waals surface area contributed by atoms with Crippen molar-refractivity contribution in [2.45, 2.75) is 18.9 Å². The van der Waals surface area contributed by atoms with E-state index < -0.39 is 0 Å². The van der Waals surface area contributed by atoms with Crippen molar-refractivity contribution in [3.63, 3.8) is 0 Å². The molecular weight excluding hydrogens is 356 g/mol. The van der Waals surface area contributed by atoms with E-state index in [-0.39, 0.29) is 5.92 Å². The van der Waals surface area contributed by atoms with Gasteiger partial charge in [-0.2, -0.15) is 0 Å². The predicted octanol–water partition coefficient (Wildman–Crippen LogP) is 5.46. The molecule has 0 bridgehead atoms. The molecular formula is C22H22N2O2S. The van der Waals surface area contributed by atoms with E-state index in [9.17, 15) is 0 Å². The Morgan fingerprint density at radius 1 is 1.11 bits per heavy atom. The third kappa shape index (κ3) is 3.69. The highest BCUT2D eigenvalue weighted by Gasteiger charge is 2.23. The van der Waals surface area contributed by atoms with Gasteiger partial charge in [-0.1, -0.05) is 42.5 Å². The number of nitrogens with zero attached hydrogens (tertiary/aromatic N) is 1. The molecule has 2 aromatic carbocycles. The van der Waals surface area contributed by atoms with E-state index in [1.165, 1.54) is 16.3 Å². The largest absolute Gasteiger partial charge is 0.500 e. The third-order valence-corrected chi connectivity index (χ3v) is 5.66. The van der Waals surface area contributed by atoms with Gasteiger partial charge in [0.15, 0.2) is 5.13 Å². The molecule has 0 radical (unpaired) electrons. The molecule has 1 aliphatic carbocycles. The van der Waals surface area contributed by atoms with Crippen LogP contribution in [0.25, 0.3) is 10.8 Å². The Balaban J connectivity index is 1.49. The number of thiazole rings is 1. The zero-order valence-corrected chi connectivity index (χ0v) is 16.3. The molecule has 1 atom stereocenters. The molecule has 1 aromatic heterocycles. The number of fused-ring (bicyclic) bond motifs is 1. The molecule has 138 valence electrons. The summed E-state index contributed by atoms with van der Waals surface area (Å²) in [6.45, 7) is 0.750. The van der Waals surface area contributed by atoms with Gasteiger partial charge in [-0.05, 0) is 28.8 Å². The minimum Gasteiger partial charge on any atom is -0.500 e. The van der Waals surface area contributed by atoms with Crippen LogP contribution >= 0.6 is 11.3 Å². The fourth-order valence-electron chi connectivity index (χ4n) is 3.40. The first-order chi connectivity index (χ1) is 13.3. The summed E-state index contributed by atoms with van der Waals surface area (Å²) >= 11 is 1.63. The van der Waals surface area contributed by atoms with E-state index in [0.29, 0.717) is 0 Å². The summed E-state index contributed by atoms with van der Waals surface area (Å²) in [6, 6.07) is 14.9. The third-order valence-electron chi connectivity index (χ3n) is 4.84. The molecule has 1 heterocycles. The van der Waals surface area contributed by atoms with Crippen molar-refractivity contribution >= 4 is 27.2 Å². The molecule has 27 heavy (non-hydrogen) atoms. The van der Waals surface area contributed by atoms with Crippen molar-refractivity contribution in [2.24, 2.45) is 0 Å². The fourth-order valence-corrected chi connectivity index (χ4v) is 4.17. The molecule has 1 unspecified atom stereocenters. The first kappa shape index (κ1) is 17.6. The molecule has 5 heteroatoms. The molecule has 0 saturated heterocycles. The monoisotopic (exact) mass is 378 g/mol. The van der Waals surface area contributed by atoms with Crippen LogP contribution in [0.5, 0.6) is 0 Å². The first-order valence-corrected chi connectivity index (χ1v) is 9.82. The SMILES string of the molecule is COC1=CCC(c2csc(NCc3cccc4ccccc34)n2)C(OC)=C1. The zero-order chi connectivity index (χ0) is 18.6. The van der Waals surface area contributed by atoms with Gasteiger partial charge in [0.25, 0.3) is 0 Å². The second-order valence-corrected chi connectivity index (χ2v) is 7.28. The number of aromatic nitrogens is 1. The van der Waals surface area contributed by atoms with E-state index in [4.69, 9.17) is 14.5 Å². The smallest absolute Gasteiger partial charge is 0.183 e. The lowest BCUT2D eigenvalue weighted by Gasteiger charge is -2.20. The van der Waals surface area contributed by atoms with Crippen LogP contribution < -0.4 is 5.32 Å². The van der Waals surface area contributed by atoms with Crippen LogP contribution in [0.2, 0.25) is 0 Å². The number of anilines is 1. The van der Waals surface area contributed by atoms with Gasteiger partial charge < -0.3 is 14.8 Å². The van der Waals surface area contributed by atoms with E-state index in [1.54, 1.807) is 25.6 Å². The Labute approximate surface area is 163 Å². The van der Waals surface area contributed by atoms with Crippen LogP contribution in [0.3, 0.4) is 0 Å². The molecule has 4 nitrogen and oxygen atoms in total. The average Bonchev–Trinajstić information content (AvgIpc) is 3.20. The standard InChI is InChI=1S/C22H22N2O2S/c1-25-17-10-11-19(21(12-17)26-2)20-14-27-22(24-20)23-13-16-8-5-7-15-6-3-4-9-18(15)16/h3-10,12,14,19H,11,13H2,1-2H3,(H,23,24). The maximum atomic E-state index is 5.56. The van der Waals surface area contributed by atoms with Crippen molar-refractivity contribution in [3.8, 4) is 0 Å². The van der Waals surface area contributed by atoms with Crippen molar-refractivity contribution in [1.29, 1.82) is 0 Å². The Morgan fingerprint density at radius 3 is 2.81 bits per heavy atom. The molecule has 4 rings (SSSR count). The number of hydrogen-bond donors (Lipinski definition) is 1. The maximum absolute atomic E-state index is 5.56. The van der Waals surface area contributed by atoms with Crippen molar-refractivity contribution < 1.29 is 9.47 Å². The highest BCUT2D eigenvalue weighted by atomic mass is 32.1. The molecule has 0 saturated carbocycles. The average molecular weight is 378 g/mol. The summed E-state index contributed by atoms with van der Waals surface area (Å²) in [5.74, 6) is 1.87. The van der Waals surface area contributed by atoms with Crippen molar-refractivity contribution in [2.75, 3.05) is 19.5 Å². The molecule has 0 aliphatic heterocycles. The Kier molecular flexibility index (Phi) is 5.12. The summed E-state index contributed by atoms with van der Waals surface area (Å²) in [5.41, 5.74) is 2.30. The Morgan fingerprint density at radius 2 is 1.96 bits per heavy atom. The normalized spacial score (nSPS) is 16.6. The molecule has 3 aromatic rings. The number of benzene rings is 2. The van der Waals surface area contributed by atoms with Gasteiger partial charge >= 0.3 is 0 Å². The van der Waals surface area contributed by atoms with Crippen LogP contribution in [-0.4, -0.2) is 19.2 Å². The highest BCUT2D eigenvalue weighted by molar-refractivity contribution is 7.13. The van der Waals surface area contributed by atoms with Gasteiger partial charge in [0, 0.05) is 18.0 Å². The van der Waals surface area contributed by atoms with Gasteiger partial charge in [0.2, 0.25) is 0 Å². The summed E-state index contributed by atoms with van der Waals surface area (Å²) in [7, 11) is 3.37. The van der Waals surface area contributed by atoms with Crippen LogP contribution in [0, 0.1) is 0 Å². The lowest BCUT2D eigenvalue weighted by atomic mass is 9.95. The maximum Gasteiger partial charge on any atom is 0.183 e. The summed E-state index contributed by atoms with van der Waals surface area (Å²) in [4.78, 5) is 4.79. The lowest BCUT2D eigenvalue weighted by Crippen LogP contribution is -2.09. The van der Waals surface area contributed by atoms with Gasteiger partial charge in [-0.3, -0.25) is 0 Å². The first-order valence-electron chi connectivity index (χ1n) is 8.94. The predicted molar refractivity (Wildman–Crippen MR) is 111 cm³/mol. The van der Waals surface area contributed by atoms with E-state index in [2.05, 4.69) is 59.2 Å². The summed E-state index contributed by atoms with van der Waals surface area (Å²) < 4.78 is 10.9. The fraction of sp³-hybridized carbons (Fsp3) is 0.227. The Hall–Kier alpha value is -2.79. The van der Waals surface area contributed by atoms with Gasteiger partial charge in [0.05, 0.1) is 25.8 Å². The quantitative estimate of drug-likeness (QED) is 0.619. The van der Waals surface area contributed by atoms with Crippen LogP contribution in [0.1, 0.15) is 23.6 Å². The highest BCUT2D eigenvalue weighted by Crippen LogP contribution is 2.35. The minimum absolute atomic E-state index is 0.137.